The number of carbonyl (C=O) groups excluding carboxylic acids is 2. The normalized spacial score (nSPS) is 14.5. The van der Waals surface area contributed by atoms with E-state index in [2.05, 4.69) is 0 Å². The second-order valence-electron chi connectivity index (χ2n) is 5.66. The van der Waals surface area contributed by atoms with Crippen molar-refractivity contribution in [2.24, 2.45) is 0 Å². The molecule has 122 valence electrons. The summed E-state index contributed by atoms with van der Waals surface area (Å²) in [5.74, 6) is -1.47. The number of imide groups is 1. The number of aliphatic hydroxyl groups excluding tert-OH is 1. The second kappa shape index (κ2) is 5.85. The van der Waals surface area contributed by atoms with Crippen LogP contribution in [0.3, 0.4) is 0 Å². The molecule has 1 aliphatic heterocycles. The Morgan fingerprint density at radius 2 is 1.71 bits per heavy atom. The van der Waals surface area contributed by atoms with Crippen LogP contribution in [0, 0.1) is 13.8 Å². The summed E-state index contributed by atoms with van der Waals surface area (Å²) in [6.45, 7) is 3.78. The van der Waals surface area contributed by atoms with Gasteiger partial charge in [0.1, 0.15) is 5.75 Å². The topological polar surface area (TPSA) is 66.8 Å². The average molecular weight is 323 g/mol. The van der Waals surface area contributed by atoms with Crippen molar-refractivity contribution in [3.05, 3.63) is 64.9 Å². The first-order chi connectivity index (χ1) is 11.5. The Balaban J connectivity index is 2.11. The number of para-hydroxylation sites is 2. The van der Waals surface area contributed by atoms with Gasteiger partial charge in [0.05, 0.1) is 18.4 Å². The molecule has 5 nitrogen and oxygen atoms in total. The summed E-state index contributed by atoms with van der Waals surface area (Å²) in [6.07, 6.45) is 0. The zero-order chi connectivity index (χ0) is 17.4. The van der Waals surface area contributed by atoms with Gasteiger partial charge < -0.3 is 9.84 Å². The molecule has 0 saturated carbocycles. The molecule has 0 spiro atoms. The predicted molar refractivity (Wildman–Crippen MR) is 91.0 cm³/mol. The summed E-state index contributed by atoms with van der Waals surface area (Å²) in [4.78, 5) is 26.3. The fraction of sp³-hybridized carbons (Fsp3) is 0.158. The number of amides is 2. The minimum atomic E-state index is -0.750. The fourth-order valence-corrected chi connectivity index (χ4v) is 2.89. The Bertz CT molecular complexity index is 883. The molecule has 0 aromatic heterocycles. The monoisotopic (exact) mass is 323 g/mol. The molecule has 1 heterocycles. The maximum atomic E-state index is 12.9. The van der Waals surface area contributed by atoms with E-state index in [9.17, 15) is 14.7 Å². The van der Waals surface area contributed by atoms with Crippen LogP contribution < -0.4 is 9.64 Å². The highest BCUT2D eigenvalue weighted by atomic mass is 16.5. The van der Waals surface area contributed by atoms with E-state index < -0.39 is 17.6 Å². The van der Waals surface area contributed by atoms with Crippen LogP contribution in [0.4, 0.5) is 5.69 Å². The van der Waals surface area contributed by atoms with E-state index in [0.29, 0.717) is 17.0 Å². The Morgan fingerprint density at radius 3 is 2.38 bits per heavy atom. The molecule has 0 saturated heterocycles. The summed E-state index contributed by atoms with van der Waals surface area (Å²) >= 11 is 0. The predicted octanol–water partition coefficient (Wildman–Crippen LogP) is 3.15. The zero-order valence-electron chi connectivity index (χ0n) is 13.7. The molecular weight excluding hydrogens is 306 g/mol. The molecule has 2 aromatic carbocycles. The highest BCUT2D eigenvalue weighted by Gasteiger charge is 2.41. The van der Waals surface area contributed by atoms with Gasteiger partial charge in [-0.15, -0.1) is 0 Å². The first-order valence-corrected chi connectivity index (χ1v) is 7.48. The minimum absolute atomic E-state index is 0.0170. The van der Waals surface area contributed by atoms with Crippen LogP contribution in [0.25, 0.3) is 5.57 Å². The molecule has 0 radical (unpaired) electrons. The Morgan fingerprint density at radius 1 is 1.00 bits per heavy atom. The van der Waals surface area contributed by atoms with Crippen molar-refractivity contribution in [3.8, 4) is 5.75 Å². The molecule has 5 heteroatoms. The van der Waals surface area contributed by atoms with Crippen molar-refractivity contribution in [1.82, 2.24) is 0 Å². The number of ether oxygens (including phenoxy) is 1. The number of hydrogen-bond acceptors (Lipinski definition) is 4. The number of methoxy groups -OCH3 is 1. The maximum absolute atomic E-state index is 12.9. The minimum Gasteiger partial charge on any atom is -0.502 e. The number of anilines is 1. The Hall–Kier alpha value is -3.08. The van der Waals surface area contributed by atoms with Gasteiger partial charge in [0.15, 0.2) is 5.76 Å². The molecular formula is C19H17NO4. The lowest BCUT2D eigenvalue weighted by Crippen LogP contribution is -2.31. The summed E-state index contributed by atoms with van der Waals surface area (Å²) in [5, 5.41) is 10.3. The van der Waals surface area contributed by atoms with Gasteiger partial charge in [-0.3, -0.25) is 9.59 Å². The van der Waals surface area contributed by atoms with Crippen molar-refractivity contribution >= 4 is 23.1 Å². The number of aryl methyl sites for hydroxylation is 2. The number of hydrogen-bond donors (Lipinski definition) is 1. The van der Waals surface area contributed by atoms with Crippen molar-refractivity contribution in [2.75, 3.05) is 12.0 Å². The van der Waals surface area contributed by atoms with Gasteiger partial charge >= 0.3 is 5.91 Å². The van der Waals surface area contributed by atoms with Gasteiger partial charge in [0.25, 0.3) is 5.91 Å². The lowest BCUT2D eigenvalue weighted by molar-refractivity contribution is -0.121. The number of rotatable bonds is 3. The van der Waals surface area contributed by atoms with E-state index in [1.807, 2.05) is 26.0 Å². The second-order valence-corrected chi connectivity index (χ2v) is 5.66. The molecule has 1 aliphatic rings. The number of benzene rings is 2. The van der Waals surface area contributed by atoms with Crippen LogP contribution in [-0.2, 0) is 9.59 Å². The van der Waals surface area contributed by atoms with Crippen LogP contribution in [-0.4, -0.2) is 24.0 Å². The molecule has 1 N–H and O–H groups in total. The molecule has 0 bridgehead atoms. The van der Waals surface area contributed by atoms with Gasteiger partial charge in [0, 0.05) is 0 Å². The van der Waals surface area contributed by atoms with E-state index in [4.69, 9.17) is 4.74 Å². The van der Waals surface area contributed by atoms with Gasteiger partial charge in [0.2, 0.25) is 0 Å². The van der Waals surface area contributed by atoms with Gasteiger partial charge in [-0.2, -0.15) is 0 Å². The van der Waals surface area contributed by atoms with Crippen LogP contribution in [0.2, 0.25) is 0 Å². The van der Waals surface area contributed by atoms with Crippen molar-refractivity contribution in [1.29, 1.82) is 0 Å². The third-order valence-electron chi connectivity index (χ3n) is 4.04. The number of aliphatic hydroxyl groups is 1. The van der Waals surface area contributed by atoms with E-state index in [1.54, 1.807) is 30.3 Å². The van der Waals surface area contributed by atoms with Crippen molar-refractivity contribution in [2.45, 2.75) is 13.8 Å². The lowest BCUT2D eigenvalue weighted by Gasteiger charge is -2.17. The molecule has 2 aromatic rings. The van der Waals surface area contributed by atoms with Gasteiger partial charge in [-0.25, -0.2) is 4.90 Å². The summed E-state index contributed by atoms with van der Waals surface area (Å²) < 4.78 is 5.22. The summed E-state index contributed by atoms with van der Waals surface area (Å²) in [7, 11) is 1.46. The first kappa shape index (κ1) is 15.8. The van der Waals surface area contributed by atoms with Gasteiger partial charge in [-0.1, -0.05) is 35.9 Å². The SMILES string of the molecule is COc1ccccc1N1C(=O)C(O)=C(c2ccc(C)cc2C)C1=O. The summed E-state index contributed by atoms with van der Waals surface area (Å²) in [6, 6.07) is 12.2. The van der Waals surface area contributed by atoms with Crippen LogP contribution in [0.5, 0.6) is 5.75 Å². The molecule has 0 aliphatic carbocycles. The largest absolute Gasteiger partial charge is 0.502 e. The van der Waals surface area contributed by atoms with Crippen LogP contribution in [0.1, 0.15) is 16.7 Å². The van der Waals surface area contributed by atoms with Crippen molar-refractivity contribution < 1.29 is 19.4 Å². The molecule has 0 atom stereocenters. The molecule has 0 unspecified atom stereocenters. The van der Waals surface area contributed by atoms with Crippen molar-refractivity contribution in [3.63, 3.8) is 0 Å². The molecule has 2 amide bonds. The maximum Gasteiger partial charge on any atom is 0.301 e. The van der Waals surface area contributed by atoms with E-state index >= 15 is 0 Å². The molecule has 3 rings (SSSR count). The standard InChI is InChI=1S/C19H17NO4/c1-11-8-9-13(12(2)10-11)16-17(21)19(23)20(18(16)22)14-6-4-5-7-15(14)24-3/h4-10,21H,1-3H3. The Kier molecular flexibility index (Phi) is 3.85. The van der Waals surface area contributed by atoms with Crippen LogP contribution >= 0.6 is 0 Å². The quantitative estimate of drug-likeness (QED) is 0.881. The molecule has 24 heavy (non-hydrogen) atoms. The third kappa shape index (κ3) is 2.34. The van der Waals surface area contributed by atoms with Gasteiger partial charge in [-0.05, 0) is 37.1 Å². The third-order valence-corrected chi connectivity index (χ3v) is 4.04. The summed E-state index contributed by atoms with van der Waals surface area (Å²) in [5.41, 5.74) is 2.73. The van der Waals surface area contributed by atoms with E-state index in [0.717, 1.165) is 16.0 Å². The smallest absolute Gasteiger partial charge is 0.301 e. The Labute approximate surface area is 139 Å². The first-order valence-electron chi connectivity index (χ1n) is 7.48. The average Bonchev–Trinajstić information content (AvgIpc) is 2.78. The molecule has 0 fully saturated rings. The highest BCUT2D eigenvalue weighted by molar-refractivity contribution is 6.45. The number of carbonyl (C=O) groups is 2. The fourth-order valence-electron chi connectivity index (χ4n) is 2.89. The lowest BCUT2D eigenvalue weighted by atomic mass is 9.98. The number of nitrogens with zero attached hydrogens (tertiary/aromatic N) is 1. The highest BCUT2D eigenvalue weighted by Crippen LogP contribution is 2.37. The van der Waals surface area contributed by atoms with Crippen LogP contribution in [0.15, 0.2) is 48.2 Å². The van der Waals surface area contributed by atoms with E-state index in [1.165, 1.54) is 7.11 Å². The zero-order valence-corrected chi connectivity index (χ0v) is 13.7. The van der Waals surface area contributed by atoms with E-state index in [-0.39, 0.29) is 5.57 Å².